The lowest BCUT2D eigenvalue weighted by atomic mass is 9.89. The van der Waals surface area contributed by atoms with Gasteiger partial charge in [-0.3, -0.25) is 4.79 Å². The van der Waals surface area contributed by atoms with E-state index in [9.17, 15) is 13.2 Å². The molecule has 1 aromatic rings. The minimum atomic E-state index is -3.59. The molecule has 1 aromatic heterocycles. The van der Waals surface area contributed by atoms with Crippen LogP contribution in [0, 0.1) is 19.8 Å². The van der Waals surface area contributed by atoms with Crippen molar-refractivity contribution in [3.8, 4) is 0 Å². The summed E-state index contributed by atoms with van der Waals surface area (Å²) in [5, 5.41) is 5.50. The maximum absolute atomic E-state index is 12.5. The number of hydrogen-bond donors (Lipinski definition) is 1. The maximum Gasteiger partial charge on any atom is 0.238 e. The first-order valence-corrected chi connectivity index (χ1v) is 9.94. The van der Waals surface area contributed by atoms with Gasteiger partial charge in [-0.15, -0.1) is 0 Å². The summed E-state index contributed by atoms with van der Waals surface area (Å²) in [5.41, 5.74) is 1.11. The molecule has 7 heteroatoms. The molecular formula is C16H26N2O4S. The van der Waals surface area contributed by atoms with E-state index < -0.39 is 21.0 Å². The number of nitrogens with one attached hydrogen (secondary N) is 1. The zero-order valence-corrected chi connectivity index (χ0v) is 14.9. The number of sulfone groups is 1. The Bertz CT molecular complexity index is 626. The number of aromatic nitrogens is 1. The minimum absolute atomic E-state index is 0.216. The molecule has 1 saturated carbocycles. The van der Waals surface area contributed by atoms with Crippen LogP contribution in [-0.2, 0) is 20.4 Å². The normalized spacial score (nSPS) is 17.9. The molecule has 0 bridgehead atoms. The van der Waals surface area contributed by atoms with Crippen LogP contribution in [0.2, 0.25) is 0 Å². The van der Waals surface area contributed by atoms with Gasteiger partial charge in [-0.05, 0) is 39.5 Å². The Kier molecular flexibility index (Phi) is 5.84. The molecule has 0 aliphatic heterocycles. The molecule has 1 atom stereocenters. The topological polar surface area (TPSA) is 89.3 Å². The molecule has 2 rings (SSSR count). The van der Waals surface area contributed by atoms with Crippen LogP contribution in [0.5, 0.6) is 0 Å². The van der Waals surface area contributed by atoms with Crippen molar-refractivity contribution in [3.63, 3.8) is 0 Å². The van der Waals surface area contributed by atoms with Gasteiger partial charge in [-0.1, -0.05) is 24.4 Å². The SMILES string of the molecule is Cc1noc(C)c1CS(=O)(=O)[C@H](C)C(=O)NCC1CCCCC1. The number of carbonyl (C=O) groups is 1. The lowest BCUT2D eigenvalue weighted by Gasteiger charge is -2.22. The van der Waals surface area contributed by atoms with Gasteiger partial charge >= 0.3 is 0 Å². The van der Waals surface area contributed by atoms with Crippen molar-refractivity contribution in [2.45, 2.75) is 63.9 Å². The first-order chi connectivity index (χ1) is 10.8. The highest BCUT2D eigenvalue weighted by Gasteiger charge is 2.30. The number of aryl methyl sites for hydroxylation is 2. The molecule has 1 aliphatic carbocycles. The molecule has 1 fully saturated rings. The van der Waals surface area contributed by atoms with Gasteiger partial charge in [0.25, 0.3) is 0 Å². The second-order valence-electron chi connectivity index (χ2n) is 6.50. The summed E-state index contributed by atoms with van der Waals surface area (Å²) in [6.07, 6.45) is 5.87. The Hall–Kier alpha value is -1.37. The number of carbonyl (C=O) groups excluding carboxylic acids is 1. The highest BCUT2D eigenvalue weighted by Crippen LogP contribution is 2.23. The summed E-state index contributed by atoms with van der Waals surface area (Å²) in [5.74, 6) is 0.333. The molecule has 1 N–H and O–H groups in total. The van der Waals surface area contributed by atoms with Crippen molar-refractivity contribution in [1.29, 1.82) is 0 Å². The van der Waals surface area contributed by atoms with E-state index >= 15 is 0 Å². The van der Waals surface area contributed by atoms with E-state index in [1.165, 1.54) is 26.2 Å². The van der Waals surface area contributed by atoms with E-state index in [4.69, 9.17) is 4.52 Å². The van der Waals surface area contributed by atoms with Crippen LogP contribution in [0.3, 0.4) is 0 Å². The van der Waals surface area contributed by atoms with Crippen molar-refractivity contribution in [3.05, 3.63) is 17.0 Å². The summed E-state index contributed by atoms with van der Waals surface area (Å²) in [4.78, 5) is 12.2. The van der Waals surface area contributed by atoms with Crippen molar-refractivity contribution < 1.29 is 17.7 Å². The number of amides is 1. The Morgan fingerprint density at radius 2 is 1.96 bits per heavy atom. The summed E-state index contributed by atoms with van der Waals surface area (Å²) < 4.78 is 29.9. The highest BCUT2D eigenvalue weighted by atomic mass is 32.2. The van der Waals surface area contributed by atoms with E-state index in [0.29, 0.717) is 29.5 Å². The van der Waals surface area contributed by atoms with Crippen molar-refractivity contribution in [2.75, 3.05) is 6.54 Å². The third kappa shape index (κ3) is 4.56. The zero-order valence-electron chi connectivity index (χ0n) is 14.1. The van der Waals surface area contributed by atoms with Crippen LogP contribution in [0.25, 0.3) is 0 Å². The van der Waals surface area contributed by atoms with Gasteiger partial charge in [-0.25, -0.2) is 8.42 Å². The first kappa shape index (κ1) is 18.0. The molecule has 1 heterocycles. The van der Waals surface area contributed by atoms with Gasteiger partial charge in [0.15, 0.2) is 9.84 Å². The molecular weight excluding hydrogens is 316 g/mol. The quantitative estimate of drug-likeness (QED) is 0.857. The number of nitrogens with zero attached hydrogens (tertiary/aromatic N) is 1. The number of hydrogen-bond acceptors (Lipinski definition) is 5. The monoisotopic (exact) mass is 342 g/mol. The zero-order chi connectivity index (χ0) is 17.0. The molecule has 0 radical (unpaired) electrons. The van der Waals surface area contributed by atoms with E-state index in [2.05, 4.69) is 10.5 Å². The van der Waals surface area contributed by atoms with Gasteiger partial charge < -0.3 is 9.84 Å². The smallest absolute Gasteiger partial charge is 0.238 e. The summed E-state index contributed by atoms with van der Waals surface area (Å²) in [7, 11) is -3.59. The average molecular weight is 342 g/mol. The lowest BCUT2D eigenvalue weighted by Crippen LogP contribution is -2.40. The van der Waals surface area contributed by atoms with Gasteiger partial charge in [0.2, 0.25) is 5.91 Å². The second kappa shape index (κ2) is 7.47. The van der Waals surface area contributed by atoms with E-state index in [0.717, 1.165) is 12.8 Å². The Balaban J connectivity index is 1.94. The van der Waals surface area contributed by atoms with Crippen molar-refractivity contribution in [2.24, 2.45) is 5.92 Å². The van der Waals surface area contributed by atoms with E-state index in [1.54, 1.807) is 13.8 Å². The molecule has 0 aromatic carbocycles. The second-order valence-corrected chi connectivity index (χ2v) is 8.82. The molecule has 1 amide bonds. The van der Waals surface area contributed by atoms with Crippen LogP contribution in [0.1, 0.15) is 56.0 Å². The lowest BCUT2D eigenvalue weighted by molar-refractivity contribution is -0.120. The van der Waals surface area contributed by atoms with Crippen LogP contribution >= 0.6 is 0 Å². The standard InChI is InChI=1S/C16H26N2O4S/c1-11-15(12(2)22-18-11)10-23(20,21)13(3)16(19)17-9-14-7-5-4-6-8-14/h13-14H,4-10H2,1-3H3,(H,17,19)/t13-/m1/s1. The largest absolute Gasteiger partial charge is 0.361 e. The Morgan fingerprint density at radius 3 is 2.52 bits per heavy atom. The fourth-order valence-corrected chi connectivity index (χ4v) is 4.45. The average Bonchev–Trinajstić information content (AvgIpc) is 2.84. The molecule has 0 saturated heterocycles. The molecule has 0 unspecified atom stereocenters. The number of rotatable bonds is 6. The third-order valence-corrected chi connectivity index (χ3v) is 6.71. The summed E-state index contributed by atoms with van der Waals surface area (Å²) in [6, 6.07) is 0. The van der Waals surface area contributed by atoms with Gasteiger partial charge in [0.1, 0.15) is 11.0 Å². The predicted octanol–water partition coefficient (Wildman–Crippen LogP) is 2.29. The molecule has 23 heavy (non-hydrogen) atoms. The third-order valence-electron chi connectivity index (χ3n) is 4.72. The van der Waals surface area contributed by atoms with Gasteiger partial charge in [-0.2, -0.15) is 0 Å². The van der Waals surface area contributed by atoms with E-state index in [1.807, 2.05) is 0 Å². The Labute approximate surface area is 137 Å². The Morgan fingerprint density at radius 1 is 1.30 bits per heavy atom. The molecule has 0 spiro atoms. The summed E-state index contributed by atoms with van der Waals surface area (Å²) in [6.45, 7) is 5.40. The van der Waals surface area contributed by atoms with Crippen LogP contribution in [0.4, 0.5) is 0 Å². The van der Waals surface area contributed by atoms with Crippen molar-refractivity contribution in [1.82, 2.24) is 10.5 Å². The molecule has 1 aliphatic rings. The van der Waals surface area contributed by atoms with Crippen molar-refractivity contribution >= 4 is 15.7 Å². The first-order valence-electron chi connectivity index (χ1n) is 8.22. The fourth-order valence-electron chi connectivity index (χ4n) is 2.98. The molecule has 6 nitrogen and oxygen atoms in total. The maximum atomic E-state index is 12.5. The van der Waals surface area contributed by atoms with Gasteiger partial charge in [0, 0.05) is 12.1 Å². The van der Waals surface area contributed by atoms with Crippen LogP contribution in [-0.4, -0.2) is 31.3 Å². The fraction of sp³-hybridized carbons (Fsp3) is 0.750. The van der Waals surface area contributed by atoms with E-state index in [-0.39, 0.29) is 5.75 Å². The minimum Gasteiger partial charge on any atom is -0.361 e. The van der Waals surface area contributed by atoms with Gasteiger partial charge in [0.05, 0.1) is 11.4 Å². The predicted molar refractivity (Wildman–Crippen MR) is 87.6 cm³/mol. The highest BCUT2D eigenvalue weighted by molar-refractivity contribution is 7.92. The van der Waals surface area contributed by atoms with Crippen LogP contribution in [0.15, 0.2) is 4.52 Å². The molecule has 130 valence electrons. The summed E-state index contributed by atoms with van der Waals surface area (Å²) >= 11 is 0. The van der Waals surface area contributed by atoms with Crippen LogP contribution < -0.4 is 5.32 Å².